The smallest absolute Gasteiger partial charge is 0.205 e. The van der Waals surface area contributed by atoms with Gasteiger partial charge >= 0.3 is 0 Å². The Labute approximate surface area is 140 Å². The molecule has 122 valence electrons. The first kappa shape index (κ1) is 14.8. The fourth-order valence-electron chi connectivity index (χ4n) is 3.60. The van der Waals surface area contributed by atoms with Gasteiger partial charge in [-0.2, -0.15) is 4.37 Å². The summed E-state index contributed by atoms with van der Waals surface area (Å²) in [5.74, 6) is 3.78. The molecule has 4 heterocycles. The van der Waals surface area contributed by atoms with Crippen LogP contribution in [0.15, 0.2) is 12.4 Å². The van der Waals surface area contributed by atoms with Crippen molar-refractivity contribution in [3.05, 3.63) is 23.9 Å². The molecule has 2 saturated heterocycles. The van der Waals surface area contributed by atoms with Crippen LogP contribution in [0.25, 0.3) is 0 Å². The van der Waals surface area contributed by atoms with Gasteiger partial charge in [-0.25, -0.2) is 15.0 Å². The van der Waals surface area contributed by atoms with Crippen LogP contribution in [0, 0.1) is 18.8 Å². The lowest BCUT2D eigenvalue weighted by molar-refractivity contribution is 0.533. The van der Waals surface area contributed by atoms with E-state index in [1.165, 1.54) is 11.5 Å². The van der Waals surface area contributed by atoms with Crippen LogP contribution in [0.4, 0.5) is 10.9 Å². The van der Waals surface area contributed by atoms with Crippen LogP contribution < -0.4 is 9.80 Å². The van der Waals surface area contributed by atoms with Gasteiger partial charge in [-0.3, -0.25) is 0 Å². The van der Waals surface area contributed by atoms with Crippen LogP contribution in [0.3, 0.4) is 0 Å². The molecule has 0 saturated carbocycles. The Balaban J connectivity index is 1.45. The predicted molar refractivity (Wildman–Crippen MR) is 92.2 cm³/mol. The molecular weight excluding hydrogens is 308 g/mol. The SMILES string of the molecule is Cc1nsc(N2CC3CN(c4cc(C(C)C)ncn4)CC3C2)n1. The predicted octanol–water partition coefficient (Wildman–Crippen LogP) is 2.33. The minimum atomic E-state index is 0.440. The third-order valence-corrected chi connectivity index (χ3v) is 5.73. The van der Waals surface area contributed by atoms with Crippen molar-refractivity contribution in [2.75, 3.05) is 36.0 Å². The molecular formula is C16H22N6S. The van der Waals surface area contributed by atoms with E-state index in [2.05, 4.69) is 49.0 Å². The number of nitrogens with zero attached hydrogens (tertiary/aromatic N) is 6. The number of aryl methyl sites for hydroxylation is 1. The maximum Gasteiger partial charge on any atom is 0.205 e. The monoisotopic (exact) mass is 330 g/mol. The van der Waals surface area contributed by atoms with Crippen LogP contribution in [0.1, 0.15) is 31.3 Å². The molecule has 0 N–H and O–H groups in total. The molecule has 0 radical (unpaired) electrons. The van der Waals surface area contributed by atoms with Crippen molar-refractivity contribution in [2.45, 2.75) is 26.7 Å². The fourth-order valence-corrected chi connectivity index (χ4v) is 4.29. The first-order valence-corrected chi connectivity index (χ1v) is 8.99. The van der Waals surface area contributed by atoms with Gasteiger partial charge in [0.25, 0.3) is 0 Å². The van der Waals surface area contributed by atoms with E-state index in [0.717, 1.165) is 48.6 Å². The Kier molecular flexibility index (Phi) is 3.67. The van der Waals surface area contributed by atoms with Crippen LogP contribution in [-0.4, -0.2) is 45.5 Å². The number of rotatable bonds is 3. The zero-order chi connectivity index (χ0) is 16.0. The van der Waals surface area contributed by atoms with Gasteiger partial charge in [0.1, 0.15) is 18.0 Å². The molecule has 7 heteroatoms. The third-order valence-electron chi connectivity index (χ3n) is 4.86. The molecule has 0 aliphatic carbocycles. The molecule has 2 aromatic rings. The third kappa shape index (κ3) is 2.78. The molecule has 0 aromatic carbocycles. The van der Waals surface area contributed by atoms with Crippen molar-refractivity contribution in [1.82, 2.24) is 19.3 Å². The van der Waals surface area contributed by atoms with Crippen LogP contribution in [-0.2, 0) is 0 Å². The van der Waals surface area contributed by atoms with E-state index >= 15 is 0 Å². The van der Waals surface area contributed by atoms with E-state index in [0.29, 0.717) is 17.8 Å². The summed E-state index contributed by atoms with van der Waals surface area (Å²) < 4.78 is 4.31. The molecule has 2 aliphatic rings. The lowest BCUT2D eigenvalue weighted by Gasteiger charge is -2.22. The normalized spacial score (nSPS) is 23.8. The lowest BCUT2D eigenvalue weighted by atomic mass is 10.0. The summed E-state index contributed by atoms with van der Waals surface area (Å²) in [5, 5.41) is 1.08. The highest BCUT2D eigenvalue weighted by Crippen LogP contribution is 2.36. The Morgan fingerprint density at radius 1 is 1.09 bits per heavy atom. The summed E-state index contributed by atoms with van der Waals surface area (Å²) in [7, 11) is 0. The molecule has 2 fully saturated rings. The molecule has 23 heavy (non-hydrogen) atoms. The number of fused-ring (bicyclic) bond motifs is 1. The molecule has 0 bridgehead atoms. The van der Waals surface area contributed by atoms with E-state index < -0.39 is 0 Å². The average Bonchev–Trinajstić information content (AvgIpc) is 3.20. The lowest BCUT2D eigenvalue weighted by Crippen LogP contribution is -2.29. The number of hydrogen-bond donors (Lipinski definition) is 0. The quantitative estimate of drug-likeness (QED) is 0.861. The van der Waals surface area contributed by atoms with Crippen LogP contribution >= 0.6 is 11.5 Å². The van der Waals surface area contributed by atoms with E-state index in [4.69, 9.17) is 0 Å². The minimum Gasteiger partial charge on any atom is -0.356 e. The molecule has 2 atom stereocenters. The summed E-state index contributed by atoms with van der Waals surface area (Å²) in [6, 6.07) is 2.15. The Bertz CT molecular complexity index is 685. The summed E-state index contributed by atoms with van der Waals surface area (Å²) in [6.07, 6.45) is 1.70. The van der Waals surface area contributed by atoms with E-state index in [-0.39, 0.29) is 0 Å². The summed E-state index contributed by atoms with van der Waals surface area (Å²) in [5.41, 5.74) is 1.12. The molecule has 2 aliphatic heterocycles. The Morgan fingerprint density at radius 2 is 1.78 bits per heavy atom. The maximum atomic E-state index is 4.53. The topological polar surface area (TPSA) is 58.0 Å². The molecule has 0 spiro atoms. The van der Waals surface area contributed by atoms with Gasteiger partial charge in [-0.15, -0.1) is 0 Å². The van der Waals surface area contributed by atoms with Crippen molar-refractivity contribution < 1.29 is 0 Å². The van der Waals surface area contributed by atoms with Gasteiger partial charge in [0.15, 0.2) is 0 Å². The number of aromatic nitrogens is 4. The standard InChI is InChI=1S/C16H22N6S/c1-10(2)14-4-15(18-9-17-14)21-5-12-7-22(8-13(12)6-21)16-19-11(3)20-23-16/h4,9-10,12-13H,5-8H2,1-3H3. The van der Waals surface area contributed by atoms with Crippen molar-refractivity contribution in [3.8, 4) is 0 Å². The summed E-state index contributed by atoms with van der Waals surface area (Å²) in [4.78, 5) is 18.2. The van der Waals surface area contributed by atoms with Gasteiger partial charge in [0.2, 0.25) is 5.13 Å². The van der Waals surface area contributed by atoms with Crippen molar-refractivity contribution in [2.24, 2.45) is 11.8 Å². The molecule has 6 nitrogen and oxygen atoms in total. The second-order valence-electron chi connectivity index (χ2n) is 6.91. The van der Waals surface area contributed by atoms with E-state index in [1.54, 1.807) is 6.33 Å². The van der Waals surface area contributed by atoms with Gasteiger partial charge in [0, 0.05) is 61.3 Å². The molecule has 0 amide bonds. The van der Waals surface area contributed by atoms with Crippen LogP contribution in [0.5, 0.6) is 0 Å². The highest BCUT2D eigenvalue weighted by atomic mass is 32.1. The second-order valence-corrected chi connectivity index (χ2v) is 7.64. The van der Waals surface area contributed by atoms with Gasteiger partial charge in [-0.1, -0.05) is 13.8 Å². The van der Waals surface area contributed by atoms with E-state index in [9.17, 15) is 0 Å². The summed E-state index contributed by atoms with van der Waals surface area (Å²) >= 11 is 1.52. The largest absolute Gasteiger partial charge is 0.356 e. The zero-order valence-corrected chi connectivity index (χ0v) is 14.6. The maximum absolute atomic E-state index is 4.53. The highest BCUT2D eigenvalue weighted by Gasteiger charge is 2.41. The molecule has 2 aromatic heterocycles. The fraction of sp³-hybridized carbons (Fsp3) is 0.625. The highest BCUT2D eigenvalue weighted by molar-refractivity contribution is 7.09. The van der Waals surface area contributed by atoms with Crippen molar-refractivity contribution in [3.63, 3.8) is 0 Å². The van der Waals surface area contributed by atoms with Crippen LogP contribution in [0.2, 0.25) is 0 Å². The van der Waals surface area contributed by atoms with Gasteiger partial charge < -0.3 is 9.80 Å². The zero-order valence-electron chi connectivity index (χ0n) is 13.8. The van der Waals surface area contributed by atoms with Crippen molar-refractivity contribution in [1.29, 1.82) is 0 Å². The molecule has 4 rings (SSSR count). The van der Waals surface area contributed by atoms with Crippen molar-refractivity contribution >= 4 is 22.5 Å². The average molecular weight is 330 g/mol. The first-order valence-electron chi connectivity index (χ1n) is 8.22. The Hall–Kier alpha value is -1.76. The van der Waals surface area contributed by atoms with Gasteiger partial charge in [-0.05, 0) is 12.8 Å². The Morgan fingerprint density at radius 3 is 2.39 bits per heavy atom. The number of anilines is 2. The molecule has 2 unspecified atom stereocenters. The van der Waals surface area contributed by atoms with Gasteiger partial charge in [0.05, 0.1) is 0 Å². The summed E-state index contributed by atoms with van der Waals surface area (Å²) in [6.45, 7) is 10.6. The minimum absolute atomic E-state index is 0.440. The number of hydrogen-bond acceptors (Lipinski definition) is 7. The first-order chi connectivity index (χ1) is 11.1. The second kappa shape index (κ2) is 5.70. The van der Waals surface area contributed by atoms with E-state index in [1.807, 2.05) is 6.92 Å².